The summed E-state index contributed by atoms with van der Waals surface area (Å²) in [6, 6.07) is 6.90. The van der Waals surface area contributed by atoms with Crippen LogP contribution >= 0.6 is 11.6 Å². The van der Waals surface area contributed by atoms with Crippen molar-refractivity contribution in [2.45, 2.75) is 56.7 Å². The zero-order valence-corrected chi connectivity index (χ0v) is 20.7. The molecule has 0 amide bonds. The van der Waals surface area contributed by atoms with Gasteiger partial charge in [-0.15, -0.1) is 0 Å². The van der Waals surface area contributed by atoms with Crippen LogP contribution in [0, 0.1) is 28.6 Å². The van der Waals surface area contributed by atoms with Gasteiger partial charge in [0.2, 0.25) is 5.60 Å². The number of fused-ring (bicyclic) bond motifs is 7. The van der Waals surface area contributed by atoms with Gasteiger partial charge in [-0.25, -0.2) is 13.6 Å². The smallest absolute Gasteiger partial charge is 0.339 e. The Morgan fingerprint density at radius 3 is 2.69 bits per heavy atom. The van der Waals surface area contributed by atoms with Crippen LogP contribution in [0.1, 0.15) is 33.1 Å². The lowest BCUT2D eigenvalue weighted by Gasteiger charge is -2.62. The molecule has 9 heteroatoms. The van der Waals surface area contributed by atoms with Crippen LogP contribution in [0.15, 0.2) is 48.1 Å². The predicted molar refractivity (Wildman–Crippen MR) is 128 cm³/mol. The molecule has 1 saturated heterocycles. The van der Waals surface area contributed by atoms with E-state index in [1.165, 1.54) is 24.1 Å². The number of carboxylic acid groups (broad SMARTS) is 1. The van der Waals surface area contributed by atoms with Gasteiger partial charge in [0.1, 0.15) is 6.17 Å². The second kappa shape index (κ2) is 7.39. The van der Waals surface area contributed by atoms with Crippen molar-refractivity contribution >= 4 is 29.0 Å². The molecular weight excluding hydrogens is 492 g/mol. The van der Waals surface area contributed by atoms with E-state index in [0.717, 1.165) is 6.08 Å². The Morgan fingerprint density at radius 2 is 2.00 bits per heavy atom. The molecule has 2 N–H and O–H groups in total. The summed E-state index contributed by atoms with van der Waals surface area (Å²) in [6.45, 7) is 3.51. The van der Waals surface area contributed by atoms with Crippen LogP contribution in [0.5, 0.6) is 0 Å². The van der Waals surface area contributed by atoms with Crippen molar-refractivity contribution in [1.82, 2.24) is 0 Å². The first-order chi connectivity index (χ1) is 16.9. The highest BCUT2D eigenvalue weighted by Crippen LogP contribution is 2.72. The number of allylic oxidation sites excluding steroid dienone is 4. The molecule has 4 aliphatic carbocycles. The van der Waals surface area contributed by atoms with Crippen LogP contribution in [-0.4, -0.2) is 52.1 Å². The Kier molecular flexibility index (Phi) is 4.94. The van der Waals surface area contributed by atoms with E-state index in [-0.39, 0.29) is 25.0 Å². The van der Waals surface area contributed by atoms with E-state index in [2.05, 4.69) is 0 Å². The van der Waals surface area contributed by atoms with Crippen molar-refractivity contribution < 1.29 is 33.4 Å². The largest absolute Gasteiger partial charge is 0.479 e. The predicted octanol–water partition coefficient (Wildman–Crippen LogP) is 4.46. The van der Waals surface area contributed by atoms with Gasteiger partial charge in [0.05, 0.1) is 18.3 Å². The second-order valence-corrected chi connectivity index (χ2v) is 11.9. The van der Waals surface area contributed by atoms with Crippen LogP contribution < -0.4 is 5.06 Å². The molecule has 9 atom stereocenters. The van der Waals surface area contributed by atoms with Crippen molar-refractivity contribution in [2.24, 2.45) is 28.6 Å². The number of alkyl halides is 2. The molecule has 0 radical (unpaired) electrons. The number of hydroxylamine groups is 1. The minimum atomic E-state index is -2.26. The van der Waals surface area contributed by atoms with E-state index in [4.69, 9.17) is 16.4 Å². The molecule has 1 aliphatic heterocycles. The molecule has 3 saturated carbocycles. The van der Waals surface area contributed by atoms with E-state index in [1.807, 2.05) is 0 Å². The van der Waals surface area contributed by atoms with Crippen molar-refractivity contribution in [2.75, 3.05) is 11.6 Å². The average Bonchev–Trinajstić information content (AvgIpc) is 3.31. The van der Waals surface area contributed by atoms with Crippen molar-refractivity contribution in [3.8, 4) is 0 Å². The maximum atomic E-state index is 17.3. The van der Waals surface area contributed by atoms with E-state index < -0.39 is 63.9 Å². The summed E-state index contributed by atoms with van der Waals surface area (Å²) >= 11 is 6.14. The number of hydrogen-bond donors (Lipinski definition) is 2. The first-order valence-corrected chi connectivity index (χ1v) is 12.7. The third-order valence-corrected chi connectivity index (χ3v) is 10.3. The zero-order valence-electron chi connectivity index (χ0n) is 20.0. The molecule has 1 aromatic rings. The summed E-state index contributed by atoms with van der Waals surface area (Å²) in [7, 11) is 0. The summed E-state index contributed by atoms with van der Waals surface area (Å²) in [6.07, 6.45) is 0.530. The number of aliphatic hydroxyl groups is 1. The minimum Gasteiger partial charge on any atom is -0.479 e. The van der Waals surface area contributed by atoms with Gasteiger partial charge in [0.25, 0.3) is 0 Å². The maximum Gasteiger partial charge on any atom is 0.339 e. The highest BCUT2D eigenvalue weighted by molar-refractivity contribution is 6.30. The normalized spacial score (nSPS) is 47.1. The molecule has 6 rings (SSSR count). The third kappa shape index (κ3) is 2.68. The number of carboxylic acids is 1. The average molecular weight is 520 g/mol. The van der Waals surface area contributed by atoms with E-state index in [0.29, 0.717) is 17.1 Å². The molecule has 6 nitrogen and oxygen atoms in total. The molecule has 1 aromatic carbocycles. The van der Waals surface area contributed by atoms with Gasteiger partial charge in [0, 0.05) is 27.7 Å². The Balaban J connectivity index is 1.44. The van der Waals surface area contributed by atoms with Gasteiger partial charge in [0.15, 0.2) is 11.5 Å². The van der Waals surface area contributed by atoms with Gasteiger partial charge in [-0.3, -0.25) is 14.7 Å². The standard InChI is InChI=1S/C27H28ClF2NO5/c1-24-7-6-17(32)10-20(24)21(29)11-19-18-8-14-13-31(16-5-3-4-15(28)9-16)36-27(14,23(34)35)25(18,2)12-22(33)26(19,24)30/h3-7,9-10,14,18-19,21-22,33H,8,11-13H2,1-2H3,(H,34,35)/t14-,18-,19-,21-,22-,24-,25-,26-,27-/m0/s1. The number of ketones is 1. The van der Waals surface area contributed by atoms with Crippen LogP contribution in [-0.2, 0) is 14.4 Å². The van der Waals surface area contributed by atoms with Gasteiger partial charge >= 0.3 is 5.97 Å². The van der Waals surface area contributed by atoms with Crippen LogP contribution in [0.3, 0.4) is 0 Å². The van der Waals surface area contributed by atoms with E-state index in [1.54, 1.807) is 31.2 Å². The quantitative estimate of drug-likeness (QED) is 0.600. The fourth-order valence-electron chi connectivity index (χ4n) is 8.39. The lowest BCUT2D eigenvalue weighted by atomic mass is 9.44. The summed E-state index contributed by atoms with van der Waals surface area (Å²) < 4.78 is 32.9. The molecule has 5 aliphatic rings. The first kappa shape index (κ1) is 24.1. The Morgan fingerprint density at radius 1 is 1.25 bits per heavy atom. The molecule has 4 fully saturated rings. The van der Waals surface area contributed by atoms with Gasteiger partial charge in [-0.1, -0.05) is 30.7 Å². The number of halogens is 3. The molecule has 0 unspecified atom stereocenters. The summed E-state index contributed by atoms with van der Waals surface area (Å²) in [4.78, 5) is 31.2. The Bertz CT molecular complexity index is 1240. The number of rotatable bonds is 2. The van der Waals surface area contributed by atoms with Gasteiger partial charge in [-0.2, -0.15) is 0 Å². The third-order valence-electron chi connectivity index (χ3n) is 10.0. The van der Waals surface area contributed by atoms with E-state index in [9.17, 15) is 19.8 Å². The van der Waals surface area contributed by atoms with E-state index >= 15 is 8.78 Å². The number of nitrogens with zero attached hydrogens (tertiary/aromatic N) is 1. The lowest BCUT2D eigenvalue weighted by molar-refractivity contribution is -0.233. The van der Waals surface area contributed by atoms with Crippen molar-refractivity contribution in [3.05, 3.63) is 53.1 Å². The summed E-state index contributed by atoms with van der Waals surface area (Å²) in [5.74, 6) is -3.59. The number of hydrogen-bond acceptors (Lipinski definition) is 5. The number of carbonyl (C=O) groups excluding carboxylic acids is 1. The fraction of sp³-hybridized carbons (Fsp3) is 0.556. The number of carbonyl (C=O) groups is 2. The monoisotopic (exact) mass is 519 g/mol. The highest BCUT2D eigenvalue weighted by atomic mass is 35.5. The van der Waals surface area contributed by atoms with Gasteiger partial charge in [-0.05, 0) is 68.0 Å². The molecule has 192 valence electrons. The zero-order chi connectivity index (χ0) is 25.8. The SMILES string of the molecule is C[C@]12C=CC(=O)C=C1[C@@H](F)C[C@H]1[C@@H]3C[C@H]4CN(c5cccc(Cl)c5)O[C@@]4(C(=O)O)[C@@]3(C)C[C@H](O)[C@@]12F. The topological polar surface area (TPSA) is 87.1 Å². The number of benzene rings is 1. The molecule has 0 bridgehead atoms. The van der Waals surface area contributed by atoms with Gasteiger partial charge < -0.3 is 10.2 Å². The fourth-order valence-corrected chi connectivity index (χ4v) is 8.58. The molecule has 1 heterocycles. The lowest BCUT2D eigenvalue weighted by Crippen LogP contribution is -2.70. The molecule has 0 spiro atoms. The molecule has 36 heavy (non-hydrogen) atoms. The van der Waals surface area contributed by atoms with Crippen LogP contribution in [0.2, 0.25) is 5.02 Å². The Labute approximate surface area is 212 Å². The van der Waals surface area contributed by atoms with Crippen molar-refractivity contribution in [1.29, 1.82) is 0 Å². The maximum absolute atomic E-state index is 17.3. The second-order valence-electron chi connectivity index (χ2n) is 11.5. The highest BCUT2D eigenvalue weighted by Gasteiger charge is 2.80. The first-order valence-electron chi connectivity index (χ1n) is 12.3. The Hall–Kier alpha value is -2.29. The van der Waals surface area contributed by atoms with Crippen LogP contribution in [0.25, 0.3) is 0 Å². The molecular formula is C27H28ClF2NO5. The number of aliphatic hydroxyl groups excluding tert-OH is 1. The molecule has 0 aromatic heterocycles. The summed E-state index contributed by atoms with van der Waals surface area (Å²) in [5.41, 5.74) is -5.99. The summed E-state index contributed by atoms with van der Waals surface area (Å²) in [5, 5.41) is 24.0. The number of aliphatic carboxylic acids is 1. The van der Waals surface area contributed by atoms with Crippen LogP contribution in [0.4, 0.5) is 14.5 Å². The number of anilines is 1. The minimum absolute atomic E-state index is 0.0472. The van der Waals surface area contributed by atoms with Crippen molar-refractivity contribution in [3.63, 3.8) is 0 Å².